The van der Waals surface area contributed by atoms with Gasteiger partial charge >= 0.3 is 0 Å². The van der Waals surface area contributed by atoms with Crippen molar-refractivity contribution in [2.45, 2.75) is 44.2 Å². The van der Waals surface area contributed by atoms with Crippen molar-refractivity contribution in [3.63, 3.8) is 0 Å². The third-order valence-corrected chi connectivity index (χ3v) is 5.47. The van der Waals surface area contributed by atoms with Gasteiger partial charge in [0.05, 0.1) is 6.04 Å². The lowest BCUT2D eigenvalue weighted by Gasteiger charge is -2.27. The molecule has 0 unspecified atom stereocenters. The van der Waals surface area contributed by atoms with Crippen molar-refractivity contribution >= 4 is 11.7 Å². The molecule has 1 aliphatic rings. The average Bonchev–Trinajstić information content (AvgIpc) is 2.69. The molecule has 0 aromatic heterocycles. The van der Waals surface area contributed by atoms with Gasteiger partial charge in [0.25, 0.3) is 0 Å². The Bertz CT molecular complexity index is 830. The highest BCUT2D eigenvalue weighted by Crippen LogP contribution is 2.29. The lowest BCUT2D eigenvalue weighted by Crippen LogP contribution is -2.35. The summed E-state index contributed by atoms with van der Waals surface area (Å²) in [6.07, 6.45) is 3.14. The lowest BCUT2D eigenvalue weighted by atomic mass is 9.86. The number of benzene rings is 2. The van der Waals surface area contributed by atoms with Crippen LogP contribution in [0.4, 0.5) is 0 Å². The predicted octanol–water partition coefficient (Wildman–Crippen LogP) is 3.48. The van der Waals surface area contributed by atoms with Crippen molar-refractivity contribution in [1.82, 2.24) is 10.2 Å². The van der Waals surface area contributed by atoms with E-state index in [1.807, 2.05) is 50.5 Å². The maximum absolute atomic E-state index is 12.6. The first kappa shape index (κ1) is 20.1. The van der Waals surface area contributed by atoms with E-state index in [-0.39, 0.29) is 29.5 Å². The molecular formula is C23H28N2O3. The molecule has 0 radical (unpaired) electrons. The van der Waals surface area contributed by atoms with Crippen molar-refractivity contribution in [3.05, 3.63) is 65.2 Å². The van der Waals surface area contributed by atoms with Gasteiger partial charge in [0.15, 0.2) is 5.78 Å². The number of phenols is 1. The summed E-state index contributed by atoms with van der Waals surface area (Å²) >= 11 is 0. The number of fused-ring (bicyclic) bond motifs is 1. The Morgan fingerprint density at radius 1 is 1.18 bits per heavy atom. The Kier molecular flexibility index (Phi) is 6.47. The van der Waals surface area contributed by atoms with Crippen molar-refractivity contribution in [3.8, 4) is 5.75 Å². The van der Waals surface area contributed by atoms with E-state index in [0.717, 1.165) is 29.5 Å². The number of ketones is 1. The standard InChI is InChI=1S/C23H28N2O3/c1-25(2)17(15-16-7-10-18(26)11-8-16)9-14-23(28)24-21-12-13-22(27)20-6-4-3-5-19(20)21/h3-8,10-11,17,21,26H,9,12-15H2,1-2H3,(H,24,28)/t17-,21+/m1/s1. The van der Waals surface area contributed by atoms with Crippen LogP contribution in [0.1, 0.15) is 53.2 Å². The van der Waals surface area contributed by atoms with Crippen LogP contribution >= 0.6 is 0 Å². The van der Waals surface area contributed by atoms with Crippen LogP contribution in [0.5, 0.6) is 5.75 Å². The molecule has 0 fully saturated rings. The summed E-state index contributed by atoms with van der Waals surface area (Å²) in [6, 6.07) is 14.9. The molecule has 0 saturated heterocycles. The molecule has 0 heterocycles. The van der Waals surface area contributed by atoms with Gasteiger partial charge in [-0.05, 0) is 56.6 Å². The molecule has 148 valence electrons. The highest BCUT2D eigenvalue weighted by atomic mass is 16.3. The van der Waals surface area contributed by atoms with E-state index < -0.39 is 0 Å². The van der Waals surface area contributed by atoms with Gasteiger partial charge < -0.3 is 15.3 Å². The Morgan fingerprint density at radius 2 is 1.89 bits per heavy atom. The molecule has 2 aromatic rings. The van der Waals surface area contributed by atoms with E-state index in [2.05, 4.69) is 10.2 Å². The molecule has 28 heavy (non-hydrogen) atoms. The molecule has 2 atom stereocenters. The van der Waals surface area contributed by atoms with Crippen LogP contribution in [0.25, 0.3) is 0 Å². The highest BCUT2D eigenvalue weighted by Gasteiger charge is 2.26. The smallest absolute Gasteiger partial charge is 0.220 e. The molecule has 2 N–H and O–H groups in total. The molecule has 5 nitrogen and oxygen atoms in total. The Hall–Kier alpha value is -2.66. The zero-order valence-electron chi connectivity index (χ0n) is 16.5. The highest BCUT2D eigenvalue weighted by molar-refractivity contribution is 5.99. The van der Waals surface area contributed by atoms with Crippen molar-refractivity contribution in [2.24, 2.45) is 0 Å². The minimum absolute atomic E-state index is 0.0201. The fourth-order valence-corrected chi connectivity index (χ4v) is 3.78. The van der Waals surface area contributed by atoms with E-state index in [0.29, 0.717) is 19.3 Å². The van der Waals surface area contributed by atoms with Crippen LogP contribution < -0.4 is 5.32 Å². The van der Waals surface area contributed by atoms with Gasteiger partial charge in [0.1, 0.15) is 5.75 Å². The number of phenolic OH excluding ortho intramolecular Hbond substituents is 1. The van der Waals surface area contributed by atoms with Crippen molar-refractivity contribution < 1.29 is 14.7 Å². The van der Waals surface area contributed by atoms with Gasteiger partial charge in [-0.2, -0.15) is 0 Å². The number of hydrogen-bond acceptors (Lipinski definition) is 4. The van der Waals surface area contributed by atoms with E-state index in [4.69, 9.17) is 0 Å². The summed E-state index contributed by atoms with van der Waals surface area (Å²) in [5.41, 5.74) is 2.80. The predicted molar refractivity (Wildman–Crippen MR) is 109 cm³/mol. The van der Waals surface area contributed by atoms with E-state index in [1.165, 1.54) is 0 Å². The number of carbonyl (C=O) groups excluding carboxylic acids is 2. The number of amides is 1. The van der Waals surface area contributed by atoms with Crippen LogP contribution in [0.2, 0.25) is 0 Å². The van der Waals surface area contributed by atoms with E-state index in [9.17, 15) is 14.7 Å². The van der Waals surface area contributed by atoms with Crippen molar-refractivity contribution in [2.75, 3.05) is 14.1 Å². The van der Waals surface area contributed by atoms with Gasteiger partial charge in [-0.1, -0.05) is 36.4 Å². The van der Waals surface area contributed by atoms with Crippen molar-refractivity contribution in [1.29, 1.82) is 0 Å². The molecular weight excluding hydrogens is 352 g/mol. The fourth-order valence-electron chi connectivity index (χ4n) is 3.78. The van der Waals surface area contributed by atoms with Gasteiger partial charge in [-0.25, -0.2) is 0 Å². The van der Waals surface area contributed by atoms with E-state index >= 15 is 0 Å². The maximum Gasteiger partial charge on any atom is 0.220 e. The van der Waals surface area contributed by atoms with Crippen LogP contribution in [0.15, 0.2) is 48.5 Å². The number of nitrogens with zero attached hydrogens (tertiary/aromatic N) is 1. The number of carbonyl (C=O) groups is 2. The number of aromatic hydroxyl groups is 1. The first-order chi connectivity index (χ1) is 13.4. The van der Waals surface area contributed by atoms with E-state index in [1.54, 1.807) is 12.1 Å². The third-order valence-electron chi connectivity index (χ3n) is 5.47. The van der Waals surface area contributed by atoms with Crippen LogP contribution in [0, 0.1) is 0 Å². The zero-order valence-corrected chi connectivity index (χ0v) is 16.5. The molecule has 2 aromatic carbocycles. The minimum atomic E-state index is -0.0868. The molecule has 5 heteroatoms. The summed E-state index contributed by atoms with van der Waals surface area (Å²) in [4.78, 5) is 26.8. The number of rotatable bonds is 7. The largest absolute Gasteiger partial charge is 0.508 e. The number of nitrogens with one attached hydrogen (secondary N) is 1. The maximum atomic E-state index is 12.6. The molecule has 1 aliphatic carbocycles. The van der Waals surface area contributed by atoms with Crippen LogP contribution in [-0.2, 0) is 11.2 Å². The Morgan fingerprint density at radius 3 is 2.61 bits per heavy atom. The first-order valence-electron chi connectivity index (χ1n) is 9.80. The minimum Gasteiger partial charge on any atom is -0.508 e. The summed E-state index contributed by atoms with van der Waals surface area (Å²) in [6.45, 7) is 0. The molecule has 0 aliphatic heterocycles. The third kappa shape index (κ3) is 4.98. The summed E-state index contributed by atoms with van der Waals surface area (Å²) in [7, 11) is 4.04. The quantitative estimate of drug-likeness (QED) is 0.772. The fraction of sp³-hybridized carbons (Fsp3) is 0.391. The normalized spacial score (nSPS) is 17.2. The topological polar surface area (TPSA) is 69.6 Å². The SMILES string of the molecule is CN(C)[C@H](CCC(=O)N[C@H]1CCC(=O)c2ccccc21)Cc1ccc(O)cc1. The Balaban J connectivity index is 1.57. The van der Waals surface area contributed by atoms with Gasteiger partial charge in [-0.3, -0.25) is 9.59 Å². The first-order valence-corrected chi connectivity index (χ1v) is 9.80. The average molecular weight is 380 g/mol. The van der Waals surface area contributed by atoms with Gasteiger partial charge in [0, 0.05) is 24.4 Å². The zero-order chi connectivity index (χ0) is 20.1. The Labute approximate surface area is 166 Å². The second-order valence-electron chi connectivity index (χ2n) is 7.70. The van der Waals surface area contributed by atoms with Gasteiger partial charge in [-0.15, -0.1) is 0 Å². The molecule has 3 rings (SSSR count). The molecule has 0 bridgehead atoms. The van der Waals surface area contributed by atoms with Crippen LogP contribution in [0.3, 0.4) is 0 Å². The molecule has 0 spiro atoms. The summed E-state index contributed by atoms with van der Waals surface area (Å²) in [5, 5.41) is 12.6. The second-order valence-corrected chi connectivity index (χ2v) is 7.70. The number of hydrogen-bond donors (Lipinski definition) is 2. The molecule has 1 amide bonds. The number of Topliss-reactive ketones (excluding diaryl/α,β-unsaturated/α-hetero) is 1. The summed E-state index contributed by atoms with van der Waals surface area (Å²) in [5.74, 6) is 0.435. The number of likely N-dealkylation sites (N-methyl/N-ethyl adjacent to an activating group) is 1. The second kappa shape index (κ2) is 9.02. The monoisotopic (exact) mass is 380 g/mol. The summed E-state index contributed by atoms with van der Waals surface area (Å²) < 4.78 is 0. The van der Waals surface area contributed by atoms with Gasteiger partial charge in [0.2, 0.25) is 5.91 Å². The van der Waals surface area contributed by atoms with Crippen LogP contribution in [-0.4, -0.2) is 41.8 Å². The lowest BCUT2D eigenvalue weighted by molar-refractivity contribution is -0.122. The molecule has 0 saturated carbocycles.